The number of nitrogens with zero attached hydrogens (tertiary/aromatic N) is 1. The van der Waals surface area contributed by atoms with Gasteiger partial charge in [0, 0.05) is 16.8 Å². The summed E-state index contributed by atoms with van der Waals surface area (Å²) in [6.07, 6.45) is 1.35. The van der Waals surface area contributed by atoms with Crippen LogP contribution in [0.15, 0.2) is 42.5 Å². The summed E-state index contributed by atoms with van der Waals surface area (Å²) in [4.78, 5) is 12.9. The van der Waals surface area contributed by atoms with Crippen LogP contribution in [0.2, 0.25) is 5.02 Å². The molecule has 3 rings (SSSR count). The van der Waals surface area contributed by atoms with Crippen LogP contribution in [0.5, 0.6) is 11.5 Å². The van der Waals surface area contributed by atoms with Crippen molar-refractivity contribution >= 4 is 38.9 Å². The SMILES string of the molecule is CCC(C(=O)Nc1ccc2c(c1)OCCO2)N(c1ccc(Cl)cc1)S(C)(=O)=O. The first kappa shape index (κ1) is 20.3. The predicted molar refractivity (Wildman–Crippen MR) is 109 cm³/mol. The van der Waals surface area contributed by atoms with Crippen molar-refractivity contribution in [2.24, 2.45) is 0 Å². The van der Waals surface area contributed by atoms with Gasteiger partial charge in [0.1, 0.15) is 19.3 Å². The first-order valence-corrected chi connectivity index (χ1v) is 11.0. The average Bonchev–Trinajstić information content (AvgIpc) is 2.66. The molecule has 1 aliphatic rings. The summed E-state index contributed by atoms with van der Waals surface area (Å²) in [5.41, 5.74) is 0.869. The summed E-state index contributed by atoms with van der Waals surface area (Å²) in [6.45, 7) is 2.66. The van der Waals surface area contributed by atoms with E-state index in [1.165, 1.54) is 0 Å². The molecule has 1 aliphatic heterocycles. The Balaban J connectivity index is 1.87. The van der Waals surface area contributed by atoms with Crippen LogP contribution in [0, 0.1) is 0 Å². The summed E-state index contributed by atoms with van der Waals surface area (Å²) >= 11 is 5.90. The first-order chi connectivity index (χ1) is 13.3. The highest BCUT2D eigenvalue weighted by Gasteiger charge is 2.31. The van der Waals surface area contributed by atoms with E-state index >= 15 is 0 Å². The first-order valence-electron chi connectivity index (χ1n) is 8.75. The number of sulfonamides is 1. The van der Waals surface area contributed by atoms with Crippen LogP contribution >= 0.6 is 11.6 Å². The monoisotopic (exact) mass is 424 g/mol. The summed E-state index contributed by atoms with van der Waals surface area (Å²) in [5, 5.41) is 3.25. The van der Waals surface area contributed by atoms with E-state index in [1.807, 2.05) is 0 Å². The fraction of sp³-hybridized carbons (Fsp3) is 0.316. The van der Waals surface area contributed by atoms with Gasteiger partial charge in [-0.3, -0.25) is 9.10 Å². The van der Waals surface area contributed by atoms with Crippen LogP contribution in [0.1, 0.15) is 13.3 Å². The minimum atomic E-state index is -3.71. The van der Waals surface area contributed by atoms with E-state index in [9.17, 15) is 13.2 Å². The lowest BCUT2D eigenvalue weighted by Crippen LogP contribution is -2.47. The second kappa shape index (κ2) is 8.28. The Labute approximate surface area is 169 Å². The number of ether oxygens (including phenoxy) is 2. The van der Waals surface area contributed by atoms with E-state index in [0.29, 0.717) is 41.1 Å². The van der Waals surface area contributed by atoms with E-state index < -0.39 is 22.0 Å². The molecule has 0 spiro atoms. The van der Waals surface area contributed by atoms with Crippen molar-refractivity contribution in [3.05, 3.63) is 47.5 Å². The second-order valence-corrected chi connectivity index (χ2v) is 8.60. The maximum atomic E-state index is 12.9. The number of nitrogens with one attached hydrogen (secondary N) is 1. The van der Waals surface area contributed by atoms with Gasteiger partial charge in [-0.05, 0) is 42.8 Å². The van der Waals surface area contributed by atoms with Crippen molar-refractivity contribution in [1.82, 2.24) is 0 Å². The van der Waals surface area contributed by atoms with Crippen LogP contribution in [0.3, 0.4) is 0 Å². The molecule has 0 saturated carbocycles. The largest absolute Gasteiger partial charge is 0.486 e. The third-order valence-electron chi connectivity index (χ3n) is 4.22. The van der Waals surface area contributed by atoms with Gasteiger partial charge in [-0.2, -0.15) is 0 Å². The number of hydrogen-bond donors (Lipinski definition) is 1. The normalized spacial score (nSPS) is 14.2. The van der Waals surface area contributed by atoms with Gasteiger partial charge < -0.3 is 14.8 Å². The van der Waals surface area contributed by atoms with Gasteiger partial charge in [0.05, 0.1) is 11.9 Å². The van der Waals surface area contributed by atoms with Crippen molar-refractivity contribution in [2.75, 3.05) is 29.1 Å². The topological polar surface area (TPSA) is 84.9 Å². The number of carbonyl (C=O) groups is 1. The molecular formula is C19H21ClN2O5S. The van der Waals surface area contributed by atoms with E-state index in [4.69, 9.17) is 21.1 Å². The Morgan fingerprint density at radius 2 is 1.79 bits per heavy atom. The molecule has 0 radical (unpaired) electrons. The maximum absolute atomic E-state index is 12.9. The number of amides is 1. The van der Waals surface area contributed by atoms with Crippen molar-refractivity contribution in [2.45, 2.75) is 19.4 Å². The van der Waals surface area contributed by atoms with Gasteiger partial charge in [-0.1, -0.05) is 18.5 Å². The lowest BCUT2D eigenvalue weighted by molar-refractivity contribution is -0.117. The molecule has 9 heteroatoms. The molecule has 0 saturated heterocycles. The standard InChI is InChI=1S/C19H21ClN2O5S/c1-3-16(22(28(2,24)25)15-7-4-13(20)5-8-15)19(23)21-14-6-9-17-18(12-14)27-11-10-26-17/h4-9,12,16H,3,10-11H2,1-2H3,(H,21,23). The van der Waals surface area contributed by atoms with Gasteiger partial charge in [-0.25, -0.2) is 8.42 Å². The van der Waals surface area contributed by atoms with Crippen LogP contribution < -0.4 is 19.1 Å². The zero-order valence-corrected chi connectivity index (χ0v) is 17.1. The molecule has 1 atom stereocenters. The van der Waals surface area contributed by atoms with Crippen molar-refractivity contribution in [3.63, 3.8) is 0 Å². The van der Waals surface area contributed by atoms with Gasteiger partial charge in [-0.15, -0.1) is 0 Å². The molecule has 2 aromatic rings. The Morgan fingerprint density at radius 1 is 1.14 bits per heavy atom. The maximum Gasteiger partial charge on any atom is 0.248 e. The molecule has 1 amide bonds. The molecule has 150 valence electrons. The van der Waals surface area contributed by atoms with Crippen molar-refractivity contribution < 1.29 is 22.7 Å². The smallest absolute Gasteiger partial charge is 0.248 e. The molecule has 0 fully saturated rings. The summed E-state index contributed by atoms with van der Waals surface area (Å²) in [7, 11) is -3.71. The fourth-order valence-electron chi connectivity index (χ4n) is 2.99. The molecule has 0 aliphatic carbocycles. The van der Waals surface area contributed by atoms with E-state index in [-0.39, 0.29) is 6.42 Å². The van der Waals surface area contributed by atoms with Crippen LogP contribution in [0.4, 0.5) is 11.4 Å². The fourth-order valence-corrected chi connectivity index (χ4v) is 4.33. The Morgan fingerprint density at radius 3 is 2.39 bits per heavy atom. The molecule has 1 N–H and O–H groups in total. The number of hydrogen-bond acceptors (Lipinski definition) is 5. The molecule has 1 heterocycles. The van der Waals surface area contributed by atoms with E-state index in [1.54, 1.807) is 49.4 Å². The molecule has 2 aromatic carbocycles. The van der Waals surface area contributed by atoms with Gasteiger partial charge >= 0.3 is 0 Å². The summed E-state index contributed by atoms with van der Waals surface area (Å²) in [6, 6.07) is 10.4. The Bertz CT molecular complexity index is 963. The molecule has 28 heavy (non-hydrogen) atoms. The third-order valence-corrected chi connectivity index (χ3v) is 5.65. The van der Waals surface area contributed by atoms with Crippen LogP contribution in [0.25, 0.3) is 0 Å². The predicted octanol–water partition coefficient (Wildman–Crippen LogP) is 3.29. The third kappa shape index (κ3) is 4.51. The molecule has 1 unspecified atom stereocenters. The Hall–Kier alpha value is -2.45. The van der Waals surface area contributed by atoms with Crippen molar-refractivity contribution in [1.29, 1.82) is 0 Å². The quantitative estimate of drug-likeness (QED) is 0.769. The van der Waals surface area contributed by atoms with Gasteiger partial charge in [0.15, 0.2) is 11.5 Å². The van der Waals surface area contributed by atoms with E-state index in [0.717, 1.165) is 10.6 Å². The minimum Gasteiger partial charge on any atom is -0.486 e. The number of halogens is 1. The lowest BCUT2D eigenvalue weighted by Gasteiger charge is -2.30. The minimum absolute atomic E-state index is 0.284. The number of benzene rings is 2. The molecule has 7 nitrogen and oxygen atoms in total. The van der Waals surface area contributed by atoms with Crippen LogP contribution in [-0.4, -0.2) is 39.8 Å². The van der Waals surface area contributed by atoms with E-state index in [2.05, 4.69) is 5.32 Å². The average molecular weight is 425 g/mol. The number of carbonyl (C=O) groups excluding carboxylic acids is 1. The Kier molecular flexibility index (Phi) is 6.00. The highest BCUT2D eigenvalue weighted by molar-refractivity contribution is 7.92. The number of fused-ring (bicyclic) bond motifs is 1. The van der Waals surface area contributed by atoms with Gasteiger partial charge in [0.25, 0.3) is 0 Å². The molecule has 0 bridgehead atoms. The lowest BCUT2D eigenvalue weighted by atomic mass is 10.1. The zero-order chi connectivity index (χ0) is 20.3. The molecule has 0 aromatic heterocycles. The van der Waals surface area contributed by atoms with Gasteiger partial charge in [0.2, 0.25) is 15.9 Å². The zero-order valence-electron chi connectivity index (χ0n) is 15.5. The summed E-state index contributed by atoms with van der Waals surface area (Å²) in [5.74, 6) is 0.699. The van der Waals surface area contributed by atoms with Crippen molar-refractivity contribution in [3.8, 4) is 11.5 Å². The van der Waals surface area contributed by atoms with Crippen LogP contribution in [-0.2, 0) is 14.8 Å². The number of anilines is 2. The summed E-state index contributed by atoms with van der Waals surface area (Å²) < 4.78 is 37.0. The highest BCUT2D eigenvalue weighted by Crippen LogP contribution is 2.33. The highest BCUT2D eigenvalue weighted by atomic mass is 35.5. The second-order valence-electron chi connectivity index (χ2n) is 6.31. The number of rotatable bonds is 6. The molecular weight excluding hydrogens is 404 g/mol.